The van der Waals surface area contributed by atoms with Crippen LogP contribution in [-0.4, -0.2) is 30.8 Å². The first-order valence-electron chi connectivity index (χ1n) is 10.7. The van der Waals surface area contributed by atoms with Gasteiger partial charge in [-0.15, -0.1) is 0 Å². The van der Waals surface area contributed by atoms with Gasteiger partial charge in [0, 0.05) is 23.0 Å². The topological polar surface area (TPSA) is 75.4 Å². The highest BCUT2D eigenvalue weighted by atomic mass is 32.2. The molecule has 170 valence electrons. The molecule has 1 fully saturated rings. The summed E-state index contributed by atoms with van der Waals surface area (Å²) in [5, 5.41) is 3.17. The molecule has 0 atom stereocenters. The maximum atomic E-state index is 14.0. The van der Waals surface area contributed by atoms with E-state index >= 15 is 0 Å². The van der Waals surface area contributed by atoms with E-state index in [1.807, 2.05) is 0 Å². The van der Waals surface area contributed by atoms with Gasteiger partial charge >= 0.3 is 0 Å². The van der Waals surface area contributed by atoms with Gasteiger partial charge in [-0.25, -0.2) is 4.39 Å². The molecule has 6 nitrogen and oxygen atoms in total. The third-order valence-electron chi connectivity index (χ3n) is 5.17. The van der Waals surface area contributed by atoms with E-state index in [0.29, 0.717) is 29.8 Å². The molecule has 31 heavy (non-hydrogen) atoms. The van der Waals surface area contributed by atoms with Gasteiger partial charge in [-0.1, -0.05) is 0 Å². The van der Waals surface area contributed by atoms with Gasteiger partial charge in [0.2, 0.25) is 0 Å². The minimum absolute atomic E-state index is 0.0916. The Hall–Kier alpha value is -2.19. The number of nitrogens with one attached hydrogen (secondary N) is 3. The lowest BCUT2D eigenvalue weighted by Gasteiger charge is -2.25. The summed E-state index contributed by atoms with van der Waals surface area (Å²) in [6, 6.07) is 8.45. The molecule has 0 spiro atoms. The van der Waals surface area contributed by atoms with Crippen LogP contribution >= 0.6 is 11.9 Å². The van der Waals surface area contributed by atoms with Gasteiger partial charge in [0.1, 0.15) is 5.69 Å². The molecule has 3 N–H and O–H groups in total. The predicted octanol–water partition coefficient (Wildman–Crippen LogP) is 4.97. The van der Waals surface area contributed by atoms with E-state index < -0.39 is 0 Å². The van der Waals surface area contributed by atoms with Gasteiger partial charge in [0.25, 0.3) is 5.56 Å². The molecular weight excluding hydrogens is 417 g/mol. The lowest BCUT2D eigenvalue weighted by Crippen LogP contribution is -2.34. The van der Waals surface area contributed by atoms with Gasteiger partial charge in [0.05, 0.1) is 13.7 Å². The number of H-pyrrole nitrogens is 1. The maximum Gasteiger partial charge on any atom is 0.274 e. The second kappa shape index (κ2) is 10.9. The van der Waals surface area contributed by atoms with Crippen molar-refractivity contribution >= 4 is 17.6 Å². The standard InChI is InChI=1S/C23H32FN3O3S/c1-23(2,12-4-5-13-25-19-10-11-21(29-3)26-22(19)28)27-31-17-8-9-18(24)20(14-17)30-15-16-6-7-16/h8-11,14,16,25,27H,4-7,12-13,15H2,1-3H3,(H,26,28). The molecule has 1 aromatic heterocycles. The van der Waals surface area contributed by atoms with Crippen LogP contribution in [0.15, 0.2) is 40.0 Å². The zero-order chi connectivity index (χ0) is 22.3. The fourth-order valence-electron chi connectivity index (χ4n) is 3.03. The largest absolute Gasteiger partial charge is 0.490 e. The van der Waals surface area contributed by atoms with Crippen LogP contribution in [0.5, 0.6) is 11.6 Å². The zero-order valence-corrected chi connectivity index (χ0v) is 19.2. The molecule has 1 aromatic carbocycles. The van der Waals surface area contributed by atoms with Crippen molar-refractivity contribution in [2.24, 2.45) is 5.92 Å². The summed E-state index contributed by atoms with van der Waals surface area (Å²) in [5.41, 5.74) is 0.272. The SMILES string of the molecule is COc1ccc(NCCCCC(C)(C)NSc2ccc(F)c(OCC3CC3)c2)c(=O)[nH]1. The maximum absolute atomic E-state index is 14.0. The summed E-state index contributed by atoms with van der Waals surface area (Å²) in [6.45, 7) is 5.62. The van der Waals surface area contributed by atoms with Gasteiger partial charge in [-0.2, -0.15) is 0 Å². The number of halogens is 1. The molecule has 1 aliphatic rings. The van der Waals surface area contributed by atoms with Gasteiger partial charge in [-0.05, 0) is 88.1 Å². The number of aromatic nitrogens is 1. The van der Waals surface area contributed by atoms with Gasteiger partial charge in [0.15, 0.2) is 17.4 Å². The number of methoxy groups -OCH3 is 1. The number of unbranched alkanes of at least 4 members (excludes halogenated alkanes) is 1. The number of hydrogen-bond acceptors (Lipinski definition) is 6. The molecule has 1 heterocycles. The number of anilines is 1. The Bertz CT molecular complexity index is 915. The van der Waals surface area contributed by atoms with Crippen LogP contribution in [-0.2, 0) is 0 Å². The molecule has 0 unspecified atom stereocenters. The smallest absolute Gasteiger partial charge is 0.274 e. The Balaban J connectivity index is 1.38. The van der Waals surface area contributed by atoms with Crippen LogP contribution in [0.25, 0.3) is 0 Å². The highest BCUT2D eigenvalue weighted by Gasteiger charge is 2.23. The number of aromatic amines is 1. The molecule has 0 saturated heterocycles. The van der Waals surface area contributed by atoms with Crippen LogP contribution in [0.3, 0.4) is 0 Å². The normalized spacial score (nSPS) is 13.8. The molecule has 0 bridgehead atoms. The van der Waals surface area contributed by atoms with E-state index in [4.69, 9.17) is 9.47 Å². The molecule has 1 aliphatic carbocycles. The van der Waals surface area contributed by atoms with Crippen molar-refractivity contribution in [3.05, 3.63) is 46.5 Å². The molecule has 0 aliphatic heterocycles. The number of ether oxygens (including phenoxy) is 2. The van der Waals surface area contributed by atoms with E-state index in [2.05, 4.69) is 28.9 Å². The summed E-state index contributed by atoms with van der Waals surface area (Å²) in [6.07, 6.45) is 5.26. The van der Waals surface area contributed by atoms with Crippen molar-refractivity contribution in [2.75, 3.05) is 25.6 Å². The minimum Gasteiger partial charge on any atom is -0.490 e. The number of benzene rings is 1. The quantitative estimate of drug-likeness (QED) is 0.296. The summed E-state index contributed by atoms with van der Waals surface area (Å²) in [5.74, 6) is 1.05. The average Bonchev–Trinajstić information content (AvgIpc) is 3.57. The van der Waals surface area contributed by atoms with Gasteiger partial charge < -0.3 is 14.8 Å². The highest BCUT2D eigenvalue weighted by molar-refractivity contribution is 7.97. The van der Waals surface area contributed by atoms with Crippen molar-refractivity contribution in [1.29, 1.82) is 0 Å². The van der Waals surface area contributed by atoms with Gasteiger partial charge in [-0.3, -0.25) is 14.5 Å². The number of rotatable bonds is 13. The summed E-state index contributed by atoms with van der Waals surface area (Å²) < 4.78 is 28.1. The van der Waals surface area contributed by atoms with Crippen LogP contribution in [0.4, 0.5) is 10.1 Å². The molecule has 8 heteroatoms. The van der Waals surface area contributed by atoms with Crippen molar-refractivity contribution in [1.82, 2.24) is 9.71 Å². The third kappa shape index (κ3) is 7.78. The fraction of sp³-hybridized carbons (Fsp3) is 0.522. The Labute approximate surface area is 187 Å². The molecule has 0 amide bonds. The first kappa shape index (κ1) is 23.5. The second-order valence-electron chi connectivity index (χ2n) is 8.59. The van der Waals surface area contributed by atoms with Crippen LogP contribution in [0.2, 0.25) is 0 Å². The lowest BCUT2D eigenvalue weighted by atomic mass is 9.99. The predicted molar refractivity (Wildman–Crippen MR) is 124 cm³/mol. The monoisotopic (exact) mass is 449 g/mol. The molecular formula is C23H32FN3O3S. The van der Waals surface area contributed by atoms with E-state index in [0.717, 1.165) is 30.7 Å². The van der Waals surface area contributed by atoms with Crippen LogP contribution in [0.1, 0.15) is 46.0 Å². The Kier molecular flexibility index (Phi) is 8.26. The van der Waals surface area contributed by atoms with E-state index in [-0.39, 0.29) is 16.9 Å². The molecule has 2 aromatic rings. The Morgan fingerprint density at radius 2 is 2.03 bits per heavy atom. The second-order valence-corrected chi connectivity index (χ2v) is 9.47. The van der Waals surface area contributed by atoms with E-state index in [9.17, 15) is 9.18 Å². The third-order valence-corrected chi connectivity index (χ3v) is 6.31. The summed E-state index contributed by atoms with van der Waals surface area (Å²) in [4.78, 5) is 15.5. The van der Waals surface area contributed by atoms with Crippen LogP contribution in [0, 0.1) is 11.7 Å². The summed E-state index contributed by atoms with van der Waals surface area (Å²) >= 11 is 1.50. The van der Waals surface area contributed by atoms with E-state index in [1.54, 1.807) is 24.3 Å². The highest BCUT2D eigenvalue weighted by Crippen LogP contribution is 2.32. The summed E-state index contributed by atoms with van der Waals surface area (Å²) in [7, 11) is 1.52. The van der Waals surface area contributed by atoms with Crippen LogP contribution < -0.4 is 25.1 Å². The first-order valence-corrected chi connectivity index (χ1v) is 11.6. The zero-order valence-electron chi connectivity index (χ0n) is 18.4. The molecule has 3 rings (SSSR count). The lowest BCUT2D eigenvalue weighted by molar-refractivity contribution is 0.284. The average molecular weight is 450 g/mol. The molecule has 1 saturated carbocycles. The first-order chi connectivity index (χ1) is 14.9. The number of hydrogen-bond donors (Lipinski definition) is 3. The Morgan fingerprint density at radius 1 is 1.23 bits per heavy atom. The Morgan fingerprint density at radius 3 is 2.74 bits per heavy atom. The van der Waals surface area contributed by atoms with E-state index in [1.165, 1.54) is 38.0 Å². The van der Waals surface area contributed by atoms with Crippen molar-refractivity contribution in [2.45, 2.75) is 56.4 Å². The van der Waals surface area contributed by atoms with Crippen molar-refractivity contribution in [3.63, 3.8) is 0 Å². The van der Waals surface area contributed by atoms with Crippen molar-refractivity contribution in [3.8, 4) is 11.6 Å². The van der Waals surface area contributed by atoms with Crippen molar-refractivity contribution < 1.29 is 13.9 Å². The fourth-order valence-corrected chi connectivity index (χ4v) is 3.83. The number of pyridine rings is 1. The minimum atomic E-state index is -0.313. The molecule has 0 radical (unpaired) electrons.